The molecule has 0 aromatic heterocycles. The molecule has 0 radical (unpaired) electrons. The Labute approximate surface area is 184 Å². The second-order valence-electron chi connectivity index (χ2n) is 10.1. The lowest BCUT2D eigenvalue weighted by Gasteiger charge is -2.28. The minimum Gasteiger partial charge on any atom is -0.362 e. The Balaban J connectivity index is 4.28. The molecule has 170 valence electrons. The van der Waals surface area contributed by atoms with Gasteiger partial charge in [0.15, 0.2) is 0 Å². The lowest BCUT2D eigenvalue weighted by atomic mass is 9.87. The van der Waals surface area contributed by atoms with Gasteiger partial charge in [-0.05, 0) is 41.5 Å². The molecule has 29 heavy (non-hydrogen) atoms. The third-order valence-corrected chi connectivity index (χ3v) is 5.90. The number of rotatable bonds is 11. The Morgan fingerprint density at radius 2 is 1.45 bits per heavy atom. The summed E-state index contributed by atoms with van der Waals surface area (Å²) < 4.78 is 5.84. The zero-order valence-corrected chi connectivity index (χ0v) is 21.2. The highest BCUT2D eigenvalue weighted by molar-refractivity contribution is 8.76. The van der Waals surface area contributed by atoms with Crippen molar-refractivity contribution < 1.29 is 19.1 Å². The van der Waals surface area contributed by atoms with E-state index in [0.29, 0.717) is 18.7 Å². The summed E-state index contributed by atoms with van der Waals surface area (Å²) >= 11 is 0. The molecule has 1 unspecified atom stereocenters. The largest absolute Gasteiger partial charge is 0.362 e. The lowest BCUT2D eigenvalue weighted by Crippen LogP contribution is -2.43. The van der Waals surface area contributed by atoms with Gasteiger partial charge in [-0.1, -0.05) is 42.4 Å². The Kier molecular flexibility index (Phi) is 11.9. The highest BCUT2D eigenvalue weighted by Crippen LogP contribution is 2.23. The minimum atomic E-state index is -0.791. The molecular weight excluding hydrogens is 408 g/mol. The summed E-state index contributed by atoms with van der Waals surface area (Å²) in [5, 5.41) is 5.80. The number of hydrogen-bond acceptors (Lipinski definition) is 6. The molecule has 0 aromatic rings. The van der Waals surface area contributed by atoms with E-state index in [4.69, 9.17) is 4.74 Å². The first-order valence-electron chi connectivity index (χ1n) is 10.1. The van der Waals surface area contributed by atoms with Crippen LogP contribution in [-0.4, -0.2) is 52.9 Å². The predicted octanol–water partition coefficient (Wildman–Crippen LogP) is 3.98. The maximum atomic E-state index is 12.5. The zero-order chi connectivity index (χ0) is 22.9. The number of hydrogen-bond donors (Lipinski definition) is 2. The summed E-state index contributed by atoms with van der Waals surface area (Å²) in [6.45, 7) is 17.5. The summed E-state index contributed by atoms with van der Waals surface area (Å²) in [5.41, 5.74) is -1.23. The second-order valence-corrected chi connectivity index (χ2v) is 12.8. The summed E-state index contributed by atoms with van der Waals surface area (Å²) in [7, 11) is 3.22. The van der Waals surface area contributed by atoms with E-state index in [2.05, 4.69) is 10.6 Å². The Hall–Kier alpha value is -0.730. The van der Waals surface area contributed by atoms with E-state index < -0.39 is 17.1 Å². The van der Waals surface area contributed by atoms with Gasteiger partial charge in [-0.3, -0.25) is 14.4 Å². The maximum absolute atomic E-state index is 12.5. The van der Waals surface area contributed by atoms with Gasteiger partial charge in [0.1, 0.15) is 11.9 Å². The average molecular weight is 449 g/mol. The van der Waals surface area contributed by atoms with Crippen molar-refractivity contribution in [1.82, 2.24) is 10.6 Å². The van der Waals surface area contributed by atoms with Crippen molar-refractivity contribution in [3.8, 4) is 0 Å². The number of carbonyl (C=O) groups is 3. The van der Waals surface area contributed by atoms with Crippen LogP contribution in [-0.2, 0) is 19.1 Å². The fraction of sp³-hybridized carbons (Fsp3) is 0.857. The van der Waals surface area contributed by atoms with E-state index in [1.165, 1.54) is 0 Å². The number of nitrogens with one attached hydrogen (secondary N) is 2. The van der Waals surface area contributed by atoms with Crippen LogP contribution in [0.3, 0.4) is 0 Å². The fourth-order valence-electron chi connectivity index (χ4n) is 2.15. The molecule has 0 aliphatic carbocycles. The number of ether oxygens (including phenoxy) is 1. The normalized spacial score (nSPS) is 13.7. The van der Waals surface area contributed by atoms with Crippen molar-refractivity contribution in [1.29, 1.82) is 0 Å². The Morgan fingerprint density at radius 3 is 1.93 bits per heavy atom. The molecule has 1 atom stereocenters. The van der Waals surface area contributed by atoms with Gasteiger partial charge in [-0.2, -0.15) is 0 Å². The van der Waals surface area contributed by atoms with Crippen molar-refractivity contribution in [3.05, 3.63) is 0 Å². The van der Waals surface area contributed by atoms with E-state index in [9.17, 15) is 14.4 Å². The van der Waals surface area contributed by atoms with Crippen molar-refractivity contribution in [2.75, 3.05) is 18.1 Å². The fourth-order valence-corrected chi connectivity index (χ4v) is 4.05. The topological polar surface area (TPSA) is 84.5 Å². The van der Waals surface area contributed by atoms with E-state index in [1.807, 2.05) is 62.3 Å². The van der Waals surface area contributed by atoms with Crippen molar-refractivity contribution in [2.45, 2.75) is 92.4 Å². The molecule has 0 aliphatic heterocycles. The average Bonchev–Trinajstić information content (AvgIpc) is 2.49. The Bertz CT molecular complexity index is 546. The number of carbonyl (C=O) groups excluding carboxylic acids is 3. The highest BCUT2D eigenvalue weighted by Gasteiger charge is 2.31. The first-order valence-corrected chi connectivity index (χ1v) is 12.5. The molecule has 0 bridgehead atoms. The molecule has 6 nitrogen and oxygen atoms in total. The van der Waals surface area contributed by atoms with Crippen LogP contribution in [0.15, 0.2) is 0 Å². The summed E-state index contributed by atoms with van der Waals surface area (Å²) in [4.78, 5) is 36.6. The van der Waals surface area contributed by atoms with Crippen LogP contribution in [0.4, 0.5) is 0 Å². The summed E-state index contributed by atoms with van der Waals surface area (Å²) in [5.74, 6) is 1.22. The van der Waals surface area contributed by atoms with Crippen molar-refractivity contribution >= 4 is 39.2 Å². The molecule has 2 amide bonds. The molecule has 0 spiro atoms. The summed E-state index contributed by atoms with van der Waals surface area (Å²) in [6, 6.07) is 0. The molecule has 2 N–H and O–H groups in total. The molecule has 0 rings (SSSR count). The molecule has 0 heterocycles. The quantitative estimate of drug-likeness (QED) is 0.367. The minimum absolute atomic E-state index is 0.000337. The van der Waals surface area contributed by atoms with Gasteiger partial charge in [-0.25, -0.2) is 0 Å². The van der Waals surface area contributed by atoms with Gasteiger partial charge in [0, 0.05) is 41.8 Å². The maximum Gasteiger partial charge on any atom is 0.249 e. The smallest absolute Gasteiger partial charge is 0.249 e. The zero-order valence-electron chi connectivity index (χ0n) is 19.6. The van der Waals surface area contributed by atoms with Crippen molar-refractivity contribution in [3.63, 3.8) is 0 Å². The van der Waals surface area contributed by atoms with E-state index in [0.717, 1.165) is 5.75 Å². The van der Waals surface area contributed by atoms with E-state index in [1.54, 1.807) is 21.6 Å². The van der Waals surface area contributed by atoms with Crippen LogP contribution < -0.4 is 10.6 Å². The van der Waals surface area contributed by atoms with Crippen LogP contribution in [0, 0.1) is 5.41 Å². The second kappa shape index (κ2) is 12.2. The molecular formula is C21H40N2O4S2. The lowest BCUT2D eigenvalue weighted by molar-refractivity contribution is -0.148. The molecule has 8 heteroatoms. The third kappa shape index (κ3) is 15.7. The van der Waals surface area contributed by atoms with Gasteiger partial charge in [0.2, 0.25) is 11.8 Å². The highest BCUT2D eigenvalue weighted by atomic mass is 33.1. The van der Waals surface area contributed by atoms with Crippen LogP contribution in [0.25, 0.3) is 0 Å². The SMILES string of the molecule is CC(C)(C)NC(=O)CCSSCCNC(=O)C(CC(=O)C(C)(C)C)OC(C)(C)C. The molecule has 0 saturated heterocycles. The molecule has 0 aliphatic rings. The van der Waals surface area contributed by atoms with Crippen LogP contribution in [0.5, 0.6) is 0 Å². The number of amides is 2. The van der Waals surface area contributed by atoms with Crippen LogP contribution in [0.2, 0.25) is 0 Å². The Morgan fingerprint density at radius 1 is 0.897 bits per heavy atom. The number of Topliss-reactive ketones (excluding diaryl/α,β-unsaturated/α-hetero) is 1. The van der Waals surface area contributed by atoms with Gasteiger partial charge in [0.25, 0.3) is 0 Å². The van der Waals surface area contributed by atoms with E-state index in [-0.39, 0.29) is 29.6 Å². The van der Waals surface area contributed by atoms with Gasteiger partial charge in [0.05, 0.1) is 5.60 Å². The molecule has 0 saturated carbocycles. The summed E-state index contributed by atoms with van der Waals surface area (Å²) in [6.07, 6.45) is -0.254. The third-order valence-electron chi connectivity index (χ3n) is 3.49. The first kappa shape index (κ1) is 28.3. The van der Waals surface area contributed by atoms with Gasteiger partial charge >= 0.3 is 0 Å². The van der Waals surface area contributed by atoms with Crippen LogP contribution >= 0.6 is 21.6 Å². The standard InChI is InChI=1S/C21H40N2O4S2/c1-19(2,3)16(24)14-15(27-21(7,8)9)18(26)22-11-13-29-28-12-10-17(25)23-20(4,5)6/h15H,10-14H2,1-9H3,(H,22,26)(H,23,25). The molecule has 0 fully saturated rings. The van der Waals surface area contributed by atoms with E-state index >= 15 is 0 Å². The van der Waals surface area contributed by atoms with Gasteiger partial charge < -0.3 is 15.4 Å². The van der Waals surface area contributed by atoms with Gasteiger partial charge in [-0.15, -0.1) is 0 Å². The molecule has 0 aromatic carbocycles. The number of ketones is 1. The monoisotopic (exact) mass is 448 g/mol. The first-order chi connectivity index (χ1) is 13.0. The van der Waals surface area contributed by atoms with Crippen LogP contribution in [0.1, 0.15) is 75.2 Å². The van der Waals surface area contributed by atoms with Crippen molar-refractivity contribution in [2.24, 2.45) is 5.41 Å². The predicted molar refractivity (Wildman–Crippen MR) is 124 cm³/mol.